The zero-order valence-corrected chi connectivity index (χ0v) is 11.6. The predicted molar refractivity (Wildman–Crippen MR) is 72.0 cm³/mol. The van der Waals surface area contributed by atoms with Crippen LogP contribution in [0.1, 0.15) is 19.8 Å². The molecule has 0 heterocycles. The molecule has 0 aliphatic rings. The van der Waals surface area contributed by atoms with E-state index < -0.39 is 10.0 Å². The van der Waals surface area contributed by atoms with Crippen LogP contribution in [0.4, 0.5) is 5.69 Å². The lowest BCUT2D eigenvalue weighted by atomic mass is 10.2. The Morgan fingerprint density at radius 2 is 2.17 bits per heavy atom. The summed E-state index contributed by atoms with van der Waals surface area (Å²) in [6, 6.07) is 4.20. The van der Waals surface area contributed by atoms with Crippen molar-refractivity contribution in [2.75, 3.05) is 12.3 Å². The number of nitrogens with one attached hydrogen (secondary N) is 1. The van der Waals surface area contributed by atoms with Crippen LogP contribution in [-0.2, 0) is 10.0 Å². The van der Waals surface area contributed by atoms with Gasteiger partial charge in [-0.05, 0) is 25.0 Å². The average Bonchev–Trinajstić information content (AvgIpc) is 2.27. The Kier molecular flexibility index (Phi) is 5.40. The summed E-state index contributed by atoms with van der Waals surface area (Å²) >= 11 is 5.87. The van der Waals surface area contributed by atoms with E-state index in [1.807, 2.05) is 6.92 Å². The smallest absolute Gasteiger partial charge is 0.244 e. The van der Waals surface area contributed by atoms with Gasteiger partial charge in [-0.25, -0.2) is 13.1 Å². The lowest BCUT2D eigenvalue weighted by Crippen LogP contribution is -2.35. The Bertz CT molecular complexity index is 485. The first kappa shape index (κ1) is 15.2. The van der Waals surface area contributed by atoms with Gasteiger partial charge in [0.25, 0.3) is 0 Å². The maximum Gasteiger partial charge on any atom is 0.244 e. The van der Waals surface area contributed by atoms with Gasteiger partial charge in [0.15, 0.2) is 0 Å². The van der Waals surface area contributed by atoms with Crippen LogP contribution in [0.15, 0.2) is 23.1 Å². The van der Waals surface area contributed by atoms with E-state index >= 15 is 0 Å². The van der Waals surface area contributed by atoms with E-state index in [1.54, 1.807) is 6.07 Å². The van der Waals surface area contributed by atoms with Crippen LogP contribution in [0.2, 0.25) is 5.02 Å². The van der Waals surface area contributed by atoms with Crippen LogP contribution in [0.3, 0.4) is 0 Å². The van der Waals surface area contributed by atoms with Crippen molar-refractivity contribution < 1.29 is 13.5 Å². The van der Waals surface area contributed by atoms with Crippen LogP contribution in [0, 0.1) is 0 Å². The van der Waals surface area contributed by atoms with Crippen LogP contribution in [-0.4, -0.2) is 26.2 Å². The molecule has 0 bridgehead atoms. The molecule has 102 valence electrons. The summed E-state index contributed by atoms with van der Waals surface area (Å²) in [7, 11) is -3.77. The van der Waals surface area contributed by atoms with Crippen molar-refractivity contribution in [2.45, 2.75) is 30.7 Å². The maximum atomic E-state index is 12.2. The highest BCUT2D eigenvalue weighted by molar-refractivity contribution is 7.89. The largest absolute Gasteiger partial charge is 0.398 e. The summed E-state index contributed by atoms with van der Waals surface area (Å²) in [6.07, 6.45) is 0.921. The number of aliphatic hydroxyl groups excluding tert-OH is 1. The van der Waals surface area contributed by atoms with Crippen LogP contribution in [0.5, 0.6) is 0 Å². The summed E-state index contributed by atoms with van der Waals surface area (Å²) in [4.78, 5) is -0.108. The van der Waals surface area contributed by atoms with Crippen molar-refractivity contribution in [3.63, 3.8) is 0 Å². The Hall–Kier alpha value is -0.820. The average molecular weight is 293 g/mol. The van der Waals surface area contributed by atoms with Gasteiger partial charge < -0.3 is 10.8 Å². The molecule has 0 saturated carbocycles. The third-order valence-corrected chi connectivity index (χ3v) is 4.62. The third-order valence-electron chi connectivity index (χ3n) is 2.56. The van der Waals surface area contributed by atoms with Crippen LogP contribution in [0.25, 0.3) is 0 Å². The molecular weight excluding hydrogens is 276 g/mol. The van der Waals surface area contributed by atoms with Crippen molar-refractivity contribution in [1.82, 2.24) is 4.72 Å². The highest BCUT2D eigenvalue weighted by atomic mass is 35.5. The fraction of sp³-hybridized carbons (Fsp3) is 0.455. The molecule has 1 atom stereocenters. The van der Waals surface area contributed by atoms with Gasteiger partial charge in [-0.1, -0.05) is 24.6 Å². The third kappa shape index (κ3) is 3.58. The van der Waals surface area contributed by atoms with Crippen molar-refractivity contribution in [3.8, 4) is 0 Å². The number of halogens is 1. The summed E-state index contributed by atoms with van der Waals surface area (Å²) in [5.41, 5.74) is 5.75. The normalized spacial score (nSPS) is 13.5. The topological polar surface area (TPSA) is 92.4 Å². The van der Waals surface area contributed by atoms with E-state index in [9.17, 15) is 8.42 Å². The van der Waals surface area contributed by atoms with Gasteiger partial charge in [0, 0.05) is 12.6 Å². The van der Waals surface area contributed by atoms with Gasteiger partial charge in [0.05, 0.1) is 10.7 Å². The van der Waals surface area contributed by atoms with E-state index in [2.05, 4.69) is 4.72 Å². The van der Waals surface area contributed by atoms with Gasteiger partial charge in [-0.2, -0.15) is 0 Å². The van der Waals surface area contributed by atoms with Gasteiger partial charge in [-0.3, -0.25) is 0 Å². The zero-order chi connectivity index (χ0) is 13.8. The molecule has 18 heavy (non-hydrogen) atoms. The minimum atomic E-state index is -3.77. The first-order chi connectivity index (χ1) is 8.42. The zero-order valence-electron chi connectivity index (χ0n) is 10.1. The molecule has 1 unspecified atom stereocenters. The quantitative estimate of drug-likeness (QED) is 0.690. The molecular formula is C11H17ClN2O3S. The molecule has 0 aromatic heterocycles. The Labute approximate surface area is 112 Å². The van der Waals surface area contributed by atoms with E-state index in [-0.39, 0.29) is 28.3 Å². The number of hydrogen-bond donors (Lipinski definition) is 3. The van der Waals surface area contributed by atoms with Gasteiger partial charge >= 0.3 is 0 Å². The fourth-order valence-electron chi connectivity index (χ4n) is 1.59. The number of rotatable bonds is 6. The van der Waals surface area contributed by atoms with Crippen molar-refractivity contribution in [3.05, 3.63) is 23.2 Å². The van der Waals surface area contributed by atoms with Crippen LogP contribution >= 0.6 is 11.6 Å². The molecule has 0 aliphatic heterocycles. The van der Waals surface area contributed by atoms with Gasteiger partial charge in [-0.15, -0.1) is 0 Å². The van der Waals surface area contributed by atoms with Crippen LogP contribution < -0.4 is 10.5 Å². The molecule has 1 aromatic rings. The first-order valence-corrected chi connectivity index (χ1v) is 7.45. The molecule has 0 radical (unpaired) electrons. The first-order valence-electron chi connectivity index (χ1n) is 5.59. The number of hydrogen-bond acceptors (Lipinski definition) is 4. The van der Waals surface area contributed by atoms with Crippen molar-refractivity contribution in [2.24, 2.45) is 0 Å². The minimum absolute atomic E-state index is 0.0843. The Morgan fingerprint density at radius 3 is 2.67 bits per heavy atom. The molecule has 0 fully saturated rings. The second-order valence-corrected chi connectivity index (χ2v) is 5.95. The highest BCUT2D eigenvalue weighted by Gasteiger charge is 2.23. The van der Waals surface area contributed by atoms with Gasteiger partial charge in [0.1, 0.15) is 4.90 Å². The summed E-state index contributed by atoms with van der Waals surface area (Å²) < 4.78 is 26.8. The second-order valence-electron chi connectivity index (χ2n) is 3.90. The summed E-state index contributed by atoms with van der Waals surface area (Å²) in [5, 5.41) is 8.94. The van der Waals surface area contributed by atoms with E-state index in [1.165, 1.54) is 12.1 Å². The Balaban J connectivity index is 3.06. The van der Waals surface area contributed by atoms with Crippen molar-refractivity contribution >= 4 is 27.3 Å². The number of nitrogen functional groups attached to an aromatic ring is 1. The molecule has 4 N–H and O–H groups in total. The van der Waals surface area contributed by atoms with Gasteiger partial charge in [0.2, 0.25) is 10.0 Å². The van der Waals surface area contributed by atoms with E-state index in [0.717, 1.165) is 0 Å². The number of nitrogens with two attached hydrogens (primary N) is 1. The fourth-order valence-corrected chi connectivity index (χ4v) is 3.62. The minimum Gasteiger partial charge on any atom is -0.398 e. The van der Waals surface area contributed by atoms with Crippen molar-refractivity contribution in [1.29, 1.82) is 0 Å². The molecule has 0 saturated heterocycles. The molecule has 0 spiro atoms. The number of anilines is 1. The molecule has 5 nitrogen and oxygen atoms in total. The number of aliphatic hydroxyl groups is 1. The van der Waals surface area contributed by atoms with E-state index in [4.69, 9.17) is 22.4 Å². The molecule has 0 aliphatic carbocycles. The SMILES string of the molecule is CCC(CCO)NS(=O)(=O)c1c(N)cccc1Cl. The maximum absolute atomic E-state index is 12.2. The van der Waals surface area contributed by atoms with E-state index in [0.29, 0.717) is 12.8 Å². The molecule has 1 aromatic carbocycles. The predicted octanol–water partition coefficient (Wildman–Crippen LogP) is 1.36. The lowest BCUT2D eigenvalue weighted by Gasteiger charge is -2.17. The monoisotopic (exact) mass is 292 g/mol. The molecule has 7 heteroatoms. The summed E-state index contributed by atoms with van der Waals surface area (Å²) in [5.74, 6) is 0. The Morgan fingerprint density at radius 1 is 1.50 bits per heavy atom. The number of benzene rings is 1. The molecule has 0 amide bonds. The number of sulfonamides is 1. The lowest BCUT2D eigenvalue weighted by molar-refractivity contribution is 0.270. The standard InChI is InChI=1S/C11H17ClN2O3S/c1-2-8(6-7-15)14-18(16,17)11-9(12)4-3-5-10(11)13/h3-5,8,14-15H,2,6-7,13H2,1H3. The highest BCUT2D eigenvalue weighted by Crippen LogP contribution is 2.27. The summed E-state index contributed by atoms with van der Waals surface area (Å²) in [6.45, 7) is 1.75. The second kappa shape index (κ2) is 6.38. The molecule has 1 rings (SSSR count).